The number of rotatable bonds is 6. The Hall–Kier alpha value is -2.78. The predicted octanol–water partition coefficient (Wildman–Crippen LogP) is 3.56. The molecule has 0 saturated carbocycles. The number of sulfonamides is 1. The Balaban J connectivity index is 1.44. The van der Waals surface area contributed by atoms with Gasteiger partial charge < -0.3 is 10.2 Å². The van der Waals surface area contributed by atoms with Gasteiger partial charge in [-0.15, -0.1) is 0 Å². The number of piperidine rings is 2. The Morgan fingerprint density at radius 3 is 2.24 bits per heavy atom. The molecule has 34 heavy (non-hydrogen) atoms. The van der Waals surface area contributed by atoms with Crippen LogP contribution in [0, 0.1) is 5.82 Å². The van der Waals surface area contributed by atoms with E-state index >= 15 is 0 Å². The second-order valence-corrected chi connectivity index (χ2v) is 10.8. The minimum Gasteiger partial charge on any atom is -0.348 e. The van der Waals surface area contributed by atoms with Crippen LogP contribution in [0.4, 0.5) is 4.39 Å². The second-order valence-electron chi connectivity index (χ2n) is 8.85. The maximum absolute atomic E-state index is 14.4. The summed E-state index contributed by atoms with van der Waals surface area (Å²) in [6, 6.07) is 10.5. The lowest BCUT2D eigenvalue weighted by Gasteiger charge is -2.26. The van der Waals surface area contributed by atoms with Crippen molar-refractivity contribution in [1.82, 2.24) is 14.5 Å². The summed E-state index contributed by atoms with van der Waals surface area (Å²) in [6.07, 6.45) is 5.58. The van der Waals surface area contributed by atoms with Gasteiger partial charge in [-0.05, 0) is 68.0 Å². The summed E-state index contributed by atoms with van der Waals surface area (Å²) in [7, 11) is -4.01. The second kappa shape index (κ2) is 10.7. The highest BCUT2D eigenvalue weighted by Crippen LogP contribution is 2.24. The first-order chi connectivity index (χ1) is 16.4. The third kappa shape index (κ3) is 5.47. The van der Waals surface area contributed by atoms with E-state index in [0.717, 1.165) is 69.3 Å². The quantitative estimate of drug-likeness (QED) is 0.675. The SMILES string of the molecule is O=C(NCc1cccc(C(=O)N2CCCCC2)c1)c1ccc(F)c(S(=O)(=O)N2CCCCC2)c1. The molecule has 0 bridgehead atoms. The van der Waals surface area contributed by atoms with Crippen molar-refractivity contribution in [2.24, 2.45) is 0 Å². The number of amides is 2. The standard InChI is InChI=1S/C25H30FN3O4S/c26-22-11-10-20(17-23(22)34(32,33)29-14-5-2-6-15-29)24(30)27-18-19-8-7-9-21(16-19)25(31)28-12-3-1-4-13-28/h7-11,16-17H,1-6,12-15,18H2,(H,27,30). The minimum absolute atomic E-state index is 0.0148. The zero-order chi connectivity index (χ0) is 24.1. The van der Waals surface area contributed by atoms with Crippen molar-refractivity contribution in [3.63, 3.8) is 0 Å². The van der Waals surface area contributed by atoms with E-state index in [-0.39, 0.29) is 18.0 Å². The van der Waals surface area contributed by atoms with Crippen LogP contribution in [0.15, 0.2) is 47.4 Å². The molecule has 2 aliphatic rings. The van der Waals surface area contributed by atoms with Crippen LogP contribution in [0.3, 0.4) is 0 Å². The number of carbonyl (C=O) groups excluding carboxylic acids is 2. The predicted molar refractivity (Wildman–Crippen MR) is 126 cm³/mol. The molecule has 7 nitrogen and oxygen atoms in total. The third-order valence-corrected chi connectivity index (χ3v) is 8.31. The van der Waals surface area contributed by atoms with E-state index in [2.05, 4.69) is 5.32 Å². The molecule has 0 aromatic heterocycles. The molecule has 9 heteroatoms. The molecule has 0 radical (unpaired) electrons. The molecular formula is C25H30FN3O4S. The van der Waals surface area contributed by atoms with Crippen LogP contribution < -0.4 is 5.32 Å². The van der Waals surface area contributed by atoms with E-state index < -0.39 is 26.6 Å². The van der Waals surface area contributed by atoms with Gasteiger partial charge in [-0.1, -0.05) is 18.6 Å². The average molecular weight is 488 g/mol. The Bertz CT molecular complexity index is 1160. The van der Waals surface area contributed by atoms with Gasteiger partial charge in [0.25, 0.3) is 11.8 Å². The first kappa shape index (κ1) is 24.3. The fraction of sp³-hybridized carbons (Fsp3) is 0.440. The van der Waals surface area contributed by atoms with Crippen molar-refractivity contribution in [3.05, 3.63) is 65.0 Å². The van der Waals surface area contributed by atoms with Crippen molar-refractivity contribution in [2.75, 3.05) is 26.2 Å². The minimum atomic E-state index is -4.01. The van der Waals surface area contributed by atoms with Crippen molar-refractivity contribution >= 4 is 21.8 Å². The van der Waals surface area contributed by atoms with Crippen LogP contribution in [-0.2, 0) is 16.6 Å². The third-order valence-electron chi connectivity index (χ3n) is 6.40. The van der Waals surface area contributed by atoms with E-state index in [1.165, 1.54) is 10.4 Å². The molecule has 2 amide bonds. The summed E-state index contributed by atoms with van der Waals surface area (Å²) in [5, 5.41) is 2.74. The number of nitrogens with zero attached hydrogens (tertiary/aromatic N) is 2. The van der Waals surface area contributed by atoms with Gasteiger partial charge in [0.15, 0.2) is 0 Å². The van der Waals surface area contributed by atoms with Gasteiger partial charge in [0.05, 0.1) is 0 Å². The molecule has 4 rings (SSSR count). The summed E-state index contributed by atoms with van der Waals surface area (Å²) >= 11 is 0. The first-order valence-electron chi connectivity index (χ1n) is 11.8. The highest BCUT2D eigenvalue weighted by Gasteiger charge is 2.29. The molecule has 0 spiro atoms. The Labute approximate surface area is 200 Å². The molecule has 2 aromatic carbocycles. The summed E-state index contributed by atoms with van der Waals surface area (Å²) < 4.78 is 41.5. The van der Waals surface area contributed by atoms with E-state index in [0.29, 0.717) is 18.7 Å². The number of benzene rings is 2. The van der Waals surface area contributed by atoms with Gasteiger partial charge in [-0.2, -0.15) is 4.31 Å². The summed E-state index contributed by atoms with van der Waals surface area (Å²) in [5.41, 5.74) is 1.39. The molecule has 2 aromatic rings. The highest BCUT2D eigenvalue weighted by molar-refractivity contribution is 7.89. The summed E-state index contributed by atoms with van der Waals surface area (Å²) in [5.74, 6) is -1.40. The Morgan fingerprint density at radius 1 is 0.853 bits per heavy atom. The van der Waals surface area contributed by atoms with Gasteiger partial charge in [0.1, 0.15) is 10.7 Å². The number of likely N-dealkylation sites (tertiary alicyclic amines) is 1. The lowest BCUT2D eigenvalue weighted by molar-refractivity contribution is 0.0724. The Kier molecular flexibility index (Phi) is 7.63. The van der Waals surface area contributed by atoms with E-state index in [9.17, 15) is 22.4 Å². The van der Waals surface area contributed by atoms with Gasteiger partial charge in [-0.25, -0.2) is 12.8 Å². The fourth-order valence-electron chi connectivity index (χ4n) is 4.46. The molecular weight excluding hydrogens is 457 g/mol. The number of halogens is 1. The molecule has 2 heterocycles. The van der Waals surface area contributed by atoms with Crippen molar-refractivity contribution in [3.8, 4) is 0 Å². The smallest absolute Gasteiger partial charge is 0.253 e. The maximum atomic E-state index is 14.4. The average Bonchev–Trinajstić information content (AvgIpc) is 2.88. The number of hydrogen-bond donors (Lipinski definition) is 1. The monoisotopic (exact) mass is 487 g/mol. The zero-order valence-electron chi connectivity index (χ0n) is 19.1. The number of nitrogens with one attached hydrogen (secondary N) is 1. The van der Waals surface area contributed by atoms with Crippen LogP contribution in [0.25, 0.3) is 0 Å². The molecule has 182 valence electrons. The first-order valence-corrected chi connectivity index (χ1v) is 13.3. The molecule has 1 N–H and O–H groups in total. The summed E-state index contributed by atoms with van der Waals surface area (Å²) in [6.45, 7) is 2.38. The lowest BCUT2D eigenvalue weighted by atomic mass is 10.1. The topological polar surface area (TPSA) is 86.8 Å². The van der Waals surface area contributed by atoms with Gasteiger partial charge in [0, 0.05) is 43.9 Å². The number of carbonyl (C=O) groups is 2. The maximum Gasteiger partial charge on any atom is 0.253 e. The van der Waals surface area contributed by atoms with Gasteiger partial charge in [0.2, 0.25) is 10.0 Å². The summed E-state index contributed by atoms with van der Waals surface area (Å²) in [4.78, 5) is 26.9. The molecule has 0 unspecified atom stereocenters. The van der Waals surface area contributed by atoms with E-state index in [1.807, 2.05) is 11.0 Å². The van der Waals surface area contributed by atoms with Crippen molar-refractivity contribution < 1.29 is 22.4 Å². The van der Waals surface area contributed by atoms with Crippen molar-refractivity contribution in [1.29, 1.82) is 0 Å². The largest absolute Gasteiger partial charge is 0.348 e. The van der Waals surface area contributed by atoms with Crippen LogP contribution >= 0.6 is 0 Å². The molecule has 0 atom stereocenters. The fourth-order valence-corrected chi connectivity index (χ4v) is 6.07. The van der Waals surface area contributed by atoms with Crippen molar-refractivity contribution in [2.45, 2.75) is 50.0 Å². The van der Waals surface area contributed by atoms with Gasteiger partial charge in [-0.3, -0.25) is 9.59 Å². The molecule has 2 aliphatic heterocycles. The van der Waals surface area contributed by atoms with E-state index in [1.54, 1.807) is 18.2 Å². The highest BCUT2D eigenvalue weighted by atomic mass is 32.2. The molecule has 0 aliphatic carbocycles. The van der Waals surface area contributed by atoms with Crippen LogP contribution in [0.1, 0.15) is 64.8 Å². The van der Waals surface area contributed by atoms with Gasteiger partial charge >= 0.3 is 0 Å². The molecule has 2 saturated heterocycles. The van der Waals surface area contributed by atoms with Crippen LogP contribution in [0.5, 0.6) is 0 Å². The molecule has 2 fully saturated rings. The lowest BCUT2D eigenvalue weighted by Crippen LogP contribution is -2.36. The number of hydrogen-bond acceptors (Lipinski definition) is 4. The normalized spacial score (nSPS) is 17.4. The Morgan fingerprint density at radius 2 is 1.53 bits per heavy atom. The van der Waals surface area contributed by atoms with Crippen LogP contribution in [0.2, 0.25) is 0 Å². The van der Waals surface area contributed by atoms with E-state index in [4.69, 9.17) is 0 Å². The zero-order valence-corrected chi connectivity index (χ0v) is 19.9. The van der Waals surface area contributed by atoms with Crippen LogP contribution in [-0.4, -0.2) is 55.6 Å².